The van der Waals surface area contributed by atoms with Gasteiger partial charge >= 0.3 is 0 Å². The van der Waals surface area contributed by atoms with E-state index in [2.05, 4.69) is 0 Å². The molecule has 1 atom stereocenters. The Morgan fingerprint density at radius 1 is 1.33 bits per heavy atom. The number of hydrogen-bond donors (Lipinski definition) is 0. The largest absolute Gasteiger partial charge is 0.486 e. The first-order chi connectivity index (χ1) is 7.40. The molecule has 1 aromatic carbocycles. The van der Waals surface area contributed by atoms with Gasteiger partial charge in [-0.05, 0) is 19.1 Å². The Morgan fingerprint density at radius 2 is 2.13 bits per heavy atom. The first-order valence-corrected chi connectivity index (χ1v) is 5.36. The van der Waals surface area contributed by atoms with E-state index >= 15 is 0 Å². The molecule has 1 aliphatic heterocycles. The van der Waals surface area contributed by atoms with Crippen molar-refractivity contribution in [3.8, 4) is 11.5 Å². The number of rotatable bonds is 4. The minimum absolute atomic E-state index is 0.117. The maximum absolute atomic E-state index is 5.77. The molecule has 1 unspecified atom stereocenters. The Balaban J connectivity index is 1.88. The second kappa shape index (κ2) is 5.03. The van der Waals surface area contributed by atoms with Crippen molar-refractivity contribution in [2.24, 2.45) is 0 Å². The summed E-state index contributed by atoms with van der Waals surface area (Å²) in [4.78, 5) is 0. The Kier molecular flexibility index (Phi) is 3.45. The molecule has 0 radical (unpaired) electrons. The van der Waals surface area contributed by atoms with Crippen LogP contribution in [-0.2, 0) is 4.74 Å². The van der Waals surface area contributed by atoms with Gasteiger partial charge < -0.3 is 14.2 Å². The molecule has 0 saturated heterocycles. The second-order valence-corrected chi connectivity index (χ2v) is 3.48. The van der Waals surface area contributed by atoms with Crippen molar-refractivity contribution >= 4 is 0 Å². The monoisotopic (exact) mass is 208 g/mol. The van der Waals surface area contributed by atoms with Crippen molar-refractivity contribution in [1.29, 1.82) is 0 Å². The zero-order chi connectivity index (χ0) is 10.5. The Morgan fingerprint density at radius 3 is 2.93 bits per heavy atom. The van der Waals surface area contributed by atoms with Gasteiger partial charge in [0.25, 0.3) is 0 Å². The minimum Gasteiger partial charge on any atom is -0.486 e. The maximum Gasteiger partial charge on any atom is 0.161 e. The smallest absolute Gasteiger partial charge is 0.161 e. The average molecular weight is 208 g/mol. The van der Waals surface area contributed by atoms with Crippen LogP contribution in [0, 0.1) is 0 Å². The quantitative estimate of drug-likeness (QED) is 0.710. The molecular formula is C12H16O3. The molecule has 0 saturated carbocycles. The standard InChI is InChI=1S/C12H16O3/c1-2-13-8-7-10-9-14-11-5-3-4-6-12(11)15-10/h3-6,10H,2,7-9H2,1H3. The lowest BCUT2D eigenvalue weighted by atomic mass is 10.2. The van der Waals surface area contributed by atoms with Gasteiger partial charge in [-0.1, -0.05) is 12.1 Å². The Hall–Kier alpha value is -1.22. The van der Waals surface area contributed by atoms with Gasteiger partial charge in [0.15, 0.2) is 11.5 Å². The van der Waals surface area contributed by atoms with Crippen molar-refractivity contribution in [2.75, 3.05) is 19.8 Å². The number of fused-ring (bicyclic) bond motifs is 1. The lowest BCUT2D eigenvalue weighted by molar-refractivity contribution is 0.0519. The van der Waals surface area contributed by atoms with Crippen LogP contribution in [0.3, 0.4) is 0 Å². The van der Waals surface area contributed by atoms with E-state index < -0.39 is 0 Å². The zero-order valence-corrected chi connectivity index (χ0v) is 8.94. The molecule has 15 heavy (non-hydrogen) atoms. The number of ether oxygens (including phenoxy) is 3. The summed E-state index contributed by atoms with van der Waals surface area (Å²) in [5.74, 6) is 1.68. The lowest BCUT2D eigenvalue weighted by Crippen LogP contribution is -2.30. The third-order valence-corrected chi connectivity index (χ3v) is 2.36. The predicted octanol–water partition coefficient (Wildman–Crippen LogP) is 2.25. The van der Waals surface area contributed by atoms with Crippen LogP contribution in [0.5, 0.6) is 11.5 Å². The number of benzene rings is 1. The molecule has 0 aliphatic carbocycles. The predicted molar refractivity (Wildman–Crippen MR) is 57.5 cm³/mol. The molecule has 0 fully saturated rings. The summed E-state index contributed by atoms with van der Waals surface area (Å²) in [7, 11) is 0. The van der Waals surface area contributed by atoms with Crippen molar-refractivity contribution in [3.63, 3.8) is 0 Å². The lowest BCUT2D eigenvalue weighted by Gasteiger charge is -2.26. The van der Waals surface area contributed by atoms with Gasteiger partial charge in [-0.3, -0.25) is 0 Å². The van der Waals surface area contributed by atoms with Crippen LogP contribution in [-0.4, -0.2) is 25.9 Å². The summed E-state index contributed by atoms with van der Waals surface area (Å²) in [6, 6.07) is 7.76. The summed E-state index contributed by atoms with van der Waals surface area (Å²) >= 11 is 0. The second-order valence-electron chi connectivity index (χ2n) is 3.48. The van der Waals surface area contributed by atoms with Crippen LogP contribution in [0.15, 0.2) is 24.3 Å². The van der Waals surface area contributed by atoms with E-state index in [-0.39, 0.29) is 6.10 Å². The third kappa shape index (κ3) is 2.63. The molecule has 0 aromatic heterocycles. The van der Waals surface area contributed by atoms with Crippen LogP contribution in [0.4, 0.5) is 0 Å². The SMILES string of the molecule is CCOCCC1COc2ccccc2O1. The van der Waals surface area contributed by atoms with Crippen LogP contribution < -0.4 is 9.47 Å². The van der Waals surface area contributed by atoms with Gasteiger partial charge in [0.05, 0.1) is 6.61 Å². The molecule has 1 heterocycles. The summed E-state index contributed by atoms with van der Waals surface area (Å²) in [5.41, 5.74) is 0. The summed E-state index contributed by atoms with van der Waals surface area (Å²) in [5, 5.41) is 0. The van der Waals surface area contributed by atoms with E-state index in [4.69, 9.17) is 14.2 Å². The molecule has 2 rings (SSSR count). The molecule has 0 N–H and O–H groups in total. The van der Waals surface area contributed by atoms with Crippen molar-refractivity contribution in [3.05, 3.63) is 24.3 Å². The van der Waals surface area contributed by atoms with E-state index in [1.54, 1.807) is 0 Å². The highest BCUT2D eigenvalue weighted by Crippen LogP contribution is 2.31. The maximum atomic E-state index is 5.77. The van der Waals surface area contributed by atoms with Gasteiger partial charge in [-0.25, -0.2) is 0 Å². The zero-order valence-electron chi connectivity index (χ0n) is 8.94. The Bertz CT molecular complexity index is 311. The fourth-order valence-corrected chi connectivity index (χ4v) is 1.56. The summed E-state index contributed by atoms with van der Waals surface area (Å²) in [6.07, 6.45) is 0.994. The van der Waals surface area contributed by atoms with Crippen LogP contribution >= 0.6 is 0 Å². The van der Waals surface area contributed by atoms with Crippen LogP contribution in [0.1, 0.15) is 13.3 Å². The van der Waals surface area contributed by atoms with Crippen molar-refractivity contribution < 1.29 is 14.2 Å². The third-order valence-electron chi connectivity index (χ3n) is 2.36. The topological polar surface area (TPSA) is 27.7 Å². The van der Waals surface area contributed by atoms with Gasteiger partial charge in [0, 0.05) is 13.0 Å². The molecule has 1 aromatic rings. The molecule has 3 heteroatoms. The summed E-state index contributed by atoms with van der Waals surface area (Å²) < 4.78 is 16.6. The van der Waals surface area contributed by atoms with Gasteiger partial charge in [-0.2, -0.15) is 0 Å². The molecule has 0 amide bonds. The molecule has 0 spiro atoms. The van der Waals surface area contributed by atoms with Gasteiger partial charge in [0.1, 0.15) is 12.7 Å². The van der Waals surface area contributed by atoms with Crippen LogP contribution in [0.2, 0.25) is 0 Å². The van der Waals surface area contributed by atoms with E-state index in [1.807, 2.05) is 31.2 Å². The highest BCUT2D eigenvalue weighted by atomic mass is 16.6. The molecule has 1 aliphatic rings. The highest BCUT2D eigenvalue weighted by Gasteiger charge is 2.19. The number of hydrogen-bond acceptors (Lipinski definition) is 3. The average Bonchev–Trinajstić information content (AvgIpc) is 2.29. The highest BCUT2D eigenvalue weighted by molar-refractivity contribution is 5.40. The van der Waals surface area contributed by atoms with E-state index in [0.717, 1.165) is 31.1 Å². The Labute approximate surface area is 90.0 Å². The van der Waals surface area contributed by atoms with Gasteiger partial charge in [-0.15, -0.1) is 0 Å². The van der Waals surface area contributed by atoms with E-state index in [0.29, 0.717) is 6.61 Å². The minimum atomic E-state index is 0.117. The first-order valence-electron chi connectivity index (χ1n) is 5.36. The van der Waals surface area contributed by atoms with Gasteiger partial charge in [0.2, 0.25) is 0 Å². The van der Waals surface area contributed by atoms with Crippen LogP contribution in [0.25, 0.3) is 0 Å². The fourth-order valence-electron chi connectivity index (χ4n) is 1.56. The fraction of sp³-hybridized carbons (Fsp3) is 0.500. The molecule has 3 nitrogen and oxygen atoms in total. The first kappa shape index (κ1) is 10.3. The number of para-hydroxylation sites is 2. The molecule has 0 bridgehead atoms. The molecule has 82 valence electrons. The van der Waals surface area contributed by atoms with E-state index in [9.17, 15) is 0 Å². The van der Waals surface area contributed by atoms with E-state index in [1.165, 1.54) is 0 Å². The normalized spacial score (nSPS) is 18.9. The summed E-state index contributed by atoms with van der Waals surface area (Å²) in [6.45, 7) is 4.09. The van der Waals surface area contributed by atoms with Crippen molar-refractivity contribution in [1.82, 2.24) is 0 Å². The molecular weight excluding hydrogens is 192 g/mol. The van der Waals surface area contributed by atoms with Crippen molar-refractivity contribution in [2.45, 2.75) is 19.4 Å².